The van der Waals surface area contributed by atoms with Gasteiger partial charge in [0, 0.05) is 25.7 Å². The lowest BCUT2D eigenvalue weighted by atomic mass is 10.2. The van der Waals surface area contributed by atoms with Gasteiger partial charge in [0.15, 0.2) is 0 Å². The molecule has 0 rings (SSSR count). The summed E-state index contributed by atoms with van der Waals surface area (Å²) < 4.78 is 0. The SMILES string of the molecule is CCC(C)N(C)CCNCCCO. The Balaban J connectivity index is 3.21. The van der Waals surface area contributed by atoms with E-state index in [4.69, 9.17) is 5.11 Å². The number of nitrogens with zero attached hydrogens (tertiary/aromatic N) is 1. The topological polar surface area (TPSA) is 35.5 Å². The number of hydrogen-bond acceptors (Lipinski definition) is 3. The van der Waals surface area contributed by atoms with Crippen LogP contribution >= 0.6 is 0 Å². The summed E-state index contributed by atoms with van der Waals surface area (Å²) in [6.07, 6.45) is 2.06. The first-order valence-electron chi connectivity index (χ1n) is 5.24. The van der Waals surface area contributed by atoms with Crippen molar-refractivity contribution in [1.29, 1.82) is 0 Å². The summed E-state index contributed by atoms with van der Waals surface area (Å²) in [6.45, 7) is 7.76. The predicted molar refractivity (Wildman–Crippen MR) is 57.0 cm³/mol. The third kappa shape index (κ3) is 6.99. The van der Waals surface area contributed by atoms with Crippen molar-refractivity contribution in [3.8, 4) is 0 Å². The van der Waals surface area contributed by atoms with Gasteiger partial charge in [-0.2, -0.15) is 0 Å². The minimum Gasteiger partial charge on any atom is -0.396 e. The highest BCUT2D eigenvalue weighted by Gasteiger charge is 2.04. The summed E-state index contributed by atoms with van der Waals surface area (Å²) in [7, 11) is 2.15. The van der Waals surface area contributed by atoms with Gasteiger partial charge in [0.2, 0.25) is 0 Å². The lowest BCUT2D eigenvalue weighted by Gasteiger charge is -2.23. The van der Waals surface area contributed by atoms with Crippen LogP contribution in [0.25, 0.3) is 0 Å². The molecule has 0 fully saturated rings. The molecule has 0 aromatic heterocycles. The molecule has 3 heteroatoms. The van der Waals surface area contributed by atoms with Crippen LogP contribution in [0.2, 0.25) is 0 Å². The van der Waals surface area contributed by atoms with Crippen molar-refractivity contribution in [3.63, 3.8) is 0 Å². The molecule has 2 N–H and O–H groups in total. The maximum atomic E-state index is 8.55. The molecule has 0 amide bonds. The molecule has 0 aromatic carbocycles. The highest BCUT2D eigenvalue weighted by Crippen LogP contribution is 1.97. The summed E-state index contributed by atoms with van der Waals surface area (Å²) in [6, 6.07) is 0.666. The summed E-state index contributed by atoms with van der Waals surface area (Å²) in [5.41, 5.74) is 0. The average molecular weight is 188 g/mol. The zero-order chi connectivity index (χ0) is 10.1. The average Bonchev–Trinajstić information content (AvgIpc) is 2.16. The molecule has 0 radical (unpaired) electrons. The fourth-order valence-corrected chi connectivity index (χ4v) is 1.12. The fourth-order valence-electron chi connectivity index (χ4n) is 1.12. The maximum absolute atomic E-state index is 8.55. The van der Waals surface area contributed by atoms with E-state index in [1.807, 2.05) is 0 Å². The second-order valence-corrected chi connectivity index (χ2v) is 3.57. The van der Waals surface area contributed by atoms with Gasteiger partial charge >= 0.3 is 0 Å². The normalized spacial score (nSPS) is 13.6. The van der Waals surface area contributed by atoms with Crippen molar-refractivity contribution < 1.29 is 5.11 Å². The first-order valence-corrected chi connectivity index (χ1v) is 5.24. The molecule has 80 valence electrons. The van der Waals surface area contributed by atoms with Crippen LogP contribution in [-0.2, 0) is 0 Å². The van der Waals surface area contributed by atoms with Crippen LogP contribution in [-0.4, -0.2) is 49.3 Å². The molecule has 0 saturated heterocycles. The smallest absolute Gasteiger partial charge is 0.0443 e. The summed E-state index contributed by atoms with van der Waals surface area (Å²) >= 11 is 0. The lowest BCUT2D eigenvalue weighted by Crippen LogP contribution is -2.35. The molecule has 0 bridgehead atoms. The van der Waals surface area contributed by atoms with Crippen LogP contribution in [0.4, 0.5) is 0 Å². The van der Waals surface area contributed by atoms with Crippen LogP contribution in [0.15, 0.2) is 0 Å². The number of aliphatic hydroxyl groups excluding tert-OH is 1. The third-order valence-electron chi connectivity index (χ3n) is 2.50. The minimum absolute atomic E-state index is 0.286. The van der Waals surface area contributed by atoms with Crippen molar-refractivity contribution in [2.75, 3.05) is 33.3 Å². The van der Waals surface area contributed by atoms with Crippen molar-refractivity contribution in [1.82, 2.24) is 10.2 Å². The molecule has 1 atom stereocenters. The van der Waals surface area contributed by atoms with Crippen LogP contribution in [0.3, 0.4) is 0 Å². The fraction of sp³-hybridized carbons (Fsp3) is 1.00. The van der Waals surface area contributed by atoms with Crippen LogP contribution in [0.5, 0.6) is 0 Å². The largest absolute Gasteiger partial charge is 0.396 e. The quantitative estimate of drug-likeness (QED) is 0.550. The highest BCUT2D eigenvalue weighted by atomic mass is 16.3. The van der Waals surface area contributed by atoms with Gasteiger partial charge in [-0.3, -0.25) is 0 Å². The Morgan fingerprint density at radius 2 is 2.08 bits per heavy atom. The van der Waals surface area contributed by atoms with Crippen molar-refractivity contribution >= 4 is 0 Å². The molecular formula is C10H24N2O. The monoisotopic (exact) mass is 188 g/mol. The van der Waals surface area contributed by atoms with Gasteiger partial charge in [-0.1, -0.05) is 6.92 Å². The predicted octanol–water partition coefficient (Wildman–Crippen LogP) is 0.689. The van der Waals surface area contributed by atoms with Crippen molar-refractivity contribution in [2.45, 2.75) is 32.7 Å². The Morgan fingerprint density at radius 3 is 2.62 bits per heavy atom. The Morgan fingerprint density at radius 1 is 1.38 bits per heavy atom. The first kappa shape index (κ1) is 12.9. The third-order valence-corrected chi connectivity index (χ3v) is 2.50. The first-order chi connectivity index (χ1) is 6.22. The zero-order valence-electron chi connectivity index (χ0n) is 9.21. The molecule has 0 heterocycles. The Labute approximate surface area is 82.1 Å². The van der Waals surface area contributed by atoms with Gasteiger partial charge in [0.25, 0.3) is 0 Å². The number of hydrogen-bond donors (Lipinski definition) is 2. The summed E-state index contributed by atoms with van der Waals surface area (Å²) in [4.78, 5) is 2.35. The lowest BCUT2D eigenvalue weighted by molar-refractivity contribution is 0.248. The number of rotatable bonds is 8. The van der Waals surface area contributed by atoms with Crippen molar-refractivity contribution in [3.05, 3.63) is 0 Å². The van der Waals surface area contributed by atoms with Gasteiger partial charge < -0.3 is 15.3 Å². The van der Waals surface area contributed by atoms with Crippen LogP contribution in [0.1, 0.15) is 26.7 Å². The molecule has 0 saturated carbocycles. The van der Waals surface area contributed by atoms with Gasteiger partial charge in [0.05, 0.1) is 0 Å². The Kier molecular flexibility index (Phi) is 8.40. The van der Waals surface area contributed by atoms with Gasteiger partial charge in [-0.05, 0) is 33.4 Å². The van der Waals surface area contributed by atoms with E-state index in [1.54, 1.807) is 0 Å². The number of nitrogens with one attached hydrogen (secondary N) is 1. The van der Waals surface area contributed by atoms with E-state index < -0.39 is 0 Å². The Hall–Kier alpha value is -0.120. The van der Waals surface area contributed by atoms with Gasteiger partial charge in [-0.15, -0.1) is 0 Å². The standard InChI is InChI=1S/C10H24N2O/c1-4-10(2)12(3)8-7-11-6-5-9-13/h10-11,13H,4-9H2,1-3H3. The molecule has 13 heavy (non-hydrogen) atoms. The van der Waals surface area contributed by atoms with Crippen LogP contribution in [0, 0.1) is 0 Å². The second-order valence-electron chi connectivity index (χ2n) is 3.57. The van der Waals surface area contributed by atoms with Crippen molar-refractivity contribution in [2.24, 2.45) is 0 Å². The molecule has 1 unspecified atom stereocenters. The number of aliphatic hydroxyl groups is 1. The summed E-state index contributed by atoms with van der Waals surface area (Å²) in [5, 5.41) is 11.8. The van der Waals surface area contributed by atoms with E-state index in [0.717, 1.165) is 26.1 Å². The van der Waals surface area contributed by atoms with E-state index in [0.29, 0.717) is 6.04 Å². The maximum Gasteiger partial charge on any atom is 0.0443 e. The van der Waals surface area contributed by atoms with E-state index >= 15 is 0 Å². The summed E-state index contributed by atoms with van der Waals surface area (Å²) in [5.74, 6) is 0. The minimum atomic E-state index is 0.286. The highest BCUT2D eigenvalue weighted by molar-refractivity contribution is 4.62. The van der Waals surface area contributed by atoms with E-state index in [1.165, 1.54) is 6.42 Å². The second kappa shape index (κ2) is 8.48. The zero-order valence-corrected chi connectivity index (χ0v) is 9.21. The van der Waals surface area contributed by atoms with Crippen LogP contribution < -0.4 is 5.32 Å². The van der Waals surface area contributed by atoms with E-state index in [-0.39, 0.29) is 6.61 Å². The molecule has 0 aliphatic rings. The van der Waals surface area contributed by atoms with Gasteiger partial charge in [-0.25, -0.2) is 0 Å². The van der Waals surface area contributed by atoms with E-state index in [9.17, 15) is 0 Å². The van der Waals surface area contributed by atoms with Gasteiger partial charge in [0.1, 0.15) is 0 Å². The molecule has 0 aliphatic heterocycles. The van der Waals surface area contributed by atoms with E-state index in [2.05, 4.69) is 31.1 Å². The Bertz CT molecular complexity index is 109. The molecular weight excluding hydrogens is 164 g/mol. The molecule has 0 spiro atoms. The molecule has 0 aliphatic carbocycles. The number of likely N-dealkylation sites (N-methyl/N-ethyl adjacent to an activating group) is 1. The molecule has 0 aromatic rings. The molecule has 3 nitrogen and oxygen atoms in total.